The minimum Gasteiger partial charge on any atom is -0.468 e. The molecule has 10 atom stereocenters. The summed E-state index contributed by atoms with van der Waals surface area (Å²) in [4.78, 5) is 5.59. The van der Waals surface area contributed by atoms with Crippen molar-refractivity contribution in [2.24, 2.45) is 17.3 Å². The lowest BCUT2D eigenvalue weighted by atomic mass is 9.30. The van der Waals surface area contributed by atoms with Gasteiger partial charge in [0.2, 0.25) is 6.71 Å². The van der Waals surface area contributed by atoms with Crippen LogP contribution in [0.2, 0.25) is 0 Å². The highest BCUT2D eigenvalue weighted by Crippen LogP contribution is 2.52. The van der Waals surface area contributed by atoms with Crippen LogP contribution in [-0.4, -0.2) is 65.1 Å². The number of hydrogen-bond donors (Lipinski definition) is 0. The van der Waals surface area contributed by atoms with E-state index in [1.165, 1.54) is 66.7 Å². The van der Waals surface area contributed by atoms with E-state index in [1.807, 2.05) is 0 Å². The van der Waals surface area contributed by atoms with Crippen LogP contribution in [0.3, 0.4) is 0 Å². The lowest BCUT2D eigenvalue weighted by Crippen LogP contribution is -2.69. The molecule has 0 bridgehead atoms. The molecule has 0 aromatic rings. The van der Waals surface area contributed by atoms with Crippen LogP contribution in [0, 0.1) is 17.3 Å². The maximum Gasteiger partial charge on any atom is 0.249 e. The van der Waals surface area contributed by atoms with E-state index in [1.54, 1.807) is 0 Å². The number of nitrogens with zero attached hydrogens (tertiary/aromatic N) is 2. The number of fused-ring (bicyclic) bond motifs is 4. The van der Waals surface area contributed by atoms with E-state index in [2.05, 4.69) is 104 Å². The van der Waals surface area contributed by atoms with Gasteiger partial charge in [-0.05, 0) is 93.0 Å². The van der Waals surface area contributed by atoms with E-state index in [4.69, 9.17) is 14.2 Å². The Balaban J connectivity index is 1.07. The Bertz CT molecular complexity index is 1560. The van der Waals surface area contributed by atoms with Gasteiger partial charge in [0.05, 0.1) is 17.5 Å². The van der Waals surface area contributed by atoms with E-state index < -0.39 is 0 Å². The van der Waals surface area contributed by atoms with Gasteiger partial charge in [0, 0.05) is 42.7 Å². The summed E-state index contributed by atoms with van der Waals surface area (Å²) in [6, 6.07) is 1.87. The molecule has 0 amide bonds. The Labute approximate surface area is 295 Å². The second-order valence-electron chi connectivity index (χ2n) is 17.5. The van der Waals surface area contributed by atoms with Gasteiger partial charge in [0.25, 0.3) is 0 Å². The fourth-order valence-corrected chi connectivity index (χ4v) is 10.9. The average Bonchev–Trinajstić information content (AvgIpc) is 3.12. The van der Waals surface area contributed by atoms with Crippen molar-refractivity contribution in [3.63, 3.8) is 0 Å². The second kappa shape index (κ2) is 12.9. The molecule has 0 radical (unpaired) electrons. The summed E-state index contributed by atoms with van der Waals surface area (Å²) < 4.78 is 21.6. The molecule has 0 aromatic heterocycles. The molecule has 3 aliphatic heterocycles. The molecule has 10 unspecified atom stereocenters. The van der Waals surface area contributed by atoms with E-state index in [0.717, 1.165) is 38.5 Å². The number of hydrogen-bond acceptors (Lipinski definition) is 5. The summed E-state index contributed by atoms with van der Waals surface area (Å²) in [6.45, 7) is 9.80. The van der Waals surface area contributed by atoms with Gasteiger partial charge in [0.15, 0.2) is 6.23 Å². The predicted molar refractivity (Wildman–Crippen MR) is 198 cm³/mol. The van der Waals surface area contributed by atoms with Crippen molar-refractivity contribution in [3.8, 4) is 0 Å². The van der Waals surface area contributed by atoms with Gasteiger partial charge in [-0.3, -0.25) is 4.90 Å². The van der Waals surface area contributed by atoms with Gasteiger partial charge >= 0.3 is 0 Å². The quantitative estimate of drug-likeness (QED) is 0.222. The van der Waals surface area contributed by atoms with Crippen LogP contribution in [0.5, 0.6) is 0 Å². The van der Waals surface area contributed by atoms with E-state index in [0.29, 0.717) is 30.0 Å². The minimum atomic E-state index is -0.124. The summed E-state index contributed by atoms with van der Waals surface area (Å²) in [5.41, 5.74) is 4.58. The monoisotopic (exact) mass is 660 g/mol. The highest BCUT2D eigenvalue weighted by atomic mass is 16.6. The summed E-state index contributed by atoms with van der Waals surface area (Å²) >= 11 is 0. The number of rotatable bonds is 4. The van der Waals surface area contributed by atoms with E-state index in [9.17, 15) is 0 Å². The molecular formula is C43H57BN2O3. The Morgan fingerprint density at radius 1 is 0.837 bits per heavy atom. The van der Waals surface area contributed by atoms with Gasteiger partial charge in [-0.1, -0.05) is 93.9 Å². The van der Waals surface area contributed by atoms with Crippen LogP contribution >= 0.6 is 0 Å². The first-order valence-electron chi connectivity index (χ1n) is 19.9. The van der Waals surface area contributed by atoms with Gasteiger partial charge in [-0.15, -0.1) is 0 Å². The third-order valence-electron chi connectivity index (χ3n) is 13.5. The molecule has 0 aromatic carbocycles. The Hall–Kier alpha value is -2.54. The Morgan fingerprint density at radius 3 is 2.43 bits per heavy atom. The fraction of sp³-hybridized carbons (Fsp3) is 0.628. The molecule has 9 aliphatic rings. The van der Waals surface area contributed by atoms with Gasteiger partial charge in [-0.25, -0.2) is 0 Å². The normalized spacial score (nSPS) is 39.7. The van der Waals surface area contributed by atoms with Gasteiger partial charge < -0.3 is 19.1 Å². The molecule has 260 valence electrons. The molecule has 2 fully saturated rings. The lowest BCUT2D eigenvalue weighted by Gasteiger charge is -2.58. The molecule has 3 heterocycles. The Morgan fingerprint density at radius 2 is 1.67 bits per heavy atom. The maximum atomic E-state index is 7.25. The molecule has 6 heteroatoms. The second-order valence-corrected chi connectivity index (χ2v) is 17.5. The molecule has 49 heavy (non-hydrogen) atoms. The highest BCUT2D eigenvalue weighted by molar-refractivity contribution is 6.76. The molecule has 9 rings (SSSR count). The fourth-order valence-electron chi connectivity index (χ4n) is 10.9. The zero-order valence-corrected chi connectivity index (χ0v) is 30.3. The molecule has 0 N–H and O–H groups in total. The maximum absolute atomic E-state index is 7.25. The largest absolute Gasteiger partial charge is 0.468 e. The highest BCUT2D eigenvalue weighted by Gasteiger charge is 2.59. The van der Waals surface area contributed by atoms with Crippen molar-refractivity contribution in [1.82, 2.24) is 9.80 Å². The van der Waals surface area contributed by atoms with Crippen molar-refractivity contribution in [1.29, 1.82) is 0 Å². The van der Waals surface area contributed by atoms with Crippen LogP contribution < -0.4 is 0 Å². The van der Waals surface area contributed by atoms with E-state index in [-0.39, 0.29) is 42.6 Å². The van der Waals surface area contributed by atoms with Gasteiger partial charge in [-0.2, -0.15) is 0 Å². The molecule has 5 nitrogen and oxygen atoms in total. The average molecular weight is 661 g/mol. The standard InChI is InChI=1S/C43H57BN2O3/c1-28-13-8-9-16-34(28)45(30-14-6-5-7-15-30)32-25-26-33-39(27-32)47-38-20-12-17-35-40(38)44(33)41-42(49-37-19-11-10-18-36(37)48-41)46(35)31-23-21-29(22-24-31)43(2,3)4/h5-6,9-11,16,18-19,21,23-24,28-30,32,34-37,41-42H,7-8,12-15,17,20,22,25-27H2,1-4H3. The van der Waals surface area contributed by atoms with Gasteiger partial charge in [0.1, 0.15) is 12.2 Å². The molecule has 0 saturated carbocycles. The topological polar surface area (TPSA) is 34.2 Å². The van der Waals surface area contributed by atoms with Crippen molar-refractivity contribution < 1.29 is 14.2 Å². The predicted octanol–water partition coefficient (Wildman–Crippen LogP) is 8.93. The minimum absolute atomic E-state index is 0.0453. The zero-order valence-electron chi connectivity index (χ0n) is 30.3. The van der Waals surface area contributed by atoms with Crippen LogP contribution in [0.4, 0.5) is 0 Å². The van der Waals surface area contributed by atoms with Crippen molar-refractivity contribution >= 4 is 6.71 Å². The lowest BCUT2D eigenvalue weighted by molar-refractivity contribution is -0.218. The molecule has 0 spiro atoms. The molecular weight excluding hydrogens is 603 g/mol. The summed E-state index contributed by atoms with van der Waals surface area (Å²) in [5, 5.41) is 0. The van der Waals surface area contributed by atoms with Crippen LogP contribution in [0.1, 0.15) is 105 Å². The third-order valence-corrected chi connectivity index (χ3v) is 13.5. The van der Waals surface area contributed by atoms with Crippen LogP contribution in [-0.2, 0) is 14.2 Å². The van der Waals surface area contributed by atoms with Crippen molar-refractivity contribution in [2.45, 2.75) is 153 Å². The third kappa shape index (κ3) is 5.73. The van der Waals surface area contributed by atoms with Crippen LogP contribution in [0.25, 0.3) is 0 Å². The van der Waals surface area contributed by atoms with Crippen LogP contribution in [0.15, 0.2) is 95.0 Å². The van der Waals surface area contributed by atoms with Crippen molar-refractivity contribution in [3.05, 3.63) is 95.0 Å². The first kappa shape index (κ1) is 32.4. The summed E-state index contributed by atoms with van der Waals surface area (Å²) in [7, 11) is 0. The zero-order chi connectivity index (χ0) is 33.3. The smallest absolute Gasteiger partial charge is 0.249 e. The first-order valence-corrected chi connectivity index (χ1v) is 19.9. The molecule has 2 saturated heterocycles. The number of ether oxygens (including phenoxy) is 3. The SMILES string of the molecule is CC1CCC=CC1N(C1CC=CCC1)C1CCC2=C(C1)OC1=C3B2C2OC4C=CC=CC4OC2N(C2=CCC(C(C)(C)C)C=C2)C3CCC1. The summed E-state index contributed by atoms with van der Waals surface area (Å²) in [5.74, 6) is 3.76. The molecule has 6 aliphatic carbocycles. The van der Waals surface area contributed by atoms with Crippen molar-refractivity contribution in [2.75, 3.05) is 0 Å². The number of allylic oxidation sites excluding steroid dienone is 9. The van der Waals surface area contributed by atoms with E-state index >= 15 is 0 Å². The first-order chi connectivity index (χ1) is 23.8. The summed E-state index contributed by atoms with van der Waals surface area (Å²) in [6.07, 6.45) is 39.5. The Kier molecular flexibility index (Phi) is 8.53.